The normalized spacial score (nSPS) is 18.6. The summed E-state index contributed by atoms with van der Waals surface area (Å²) in [6.07, 6.45) is 2.34. The summed E-state index contributed by atoms with van der Waals surface area (Å²) in [6, 6.07) is 8.57. The topological polar surface area (TPSA) is 47.7 Å². The van der Waals surface area contributed by atoms with Crippen LogP contribution in [-0.2, 0) is 6.54 Å². The second-order valence-electron chi connectivity index (χ2n) is 5.67. The first-order chi connectivity index (χ1) is 10.7. The lowest BCUT2D eigenvalue weighted by atomic mass is 10.0. The van der Waals surface area contributed by atoms with Crippen LogP contribution in [0.5, 0.6) is 11.5 Å². The number of hydrogen-bond donors (Lipinski definition) is 0. The van der Waals surface area contributed by atoms with Crippen molar-refractivity contribution in [1.82, 2.24) is 10.1 Å². The van der Waals surface area contributed by atoms with Gasteiger partial charge < -0.3 is 14.0 Å². The van der Waals surface area contributed by atoms with E-state index in [2.05, 4.69) is 22.2 Å². The predicted octanol–water partition coefficient (Wildman–Crippen LogP) is 3.34. The van der Waals surface area contributed by atoms with Crippen LogP contribution in [0.25, 0.3) is 0 Å². The van der Waals surface area contributed by atoms with Crippen molar-refractivity contribution in [2.24, 2.45) is 0 Å². The van der Waals surface area contributed by atoms with Crippen molar-refractivity contribution < 1.29 is 14.0 Å². The predicted molar refractivity (Wildman–Crippen MR) is 83.2 cm³/mol. The van der Waals surface area contributed by atoms with Crippen molar-refractivity contribution >= 4 is 0 Å². The van der Waals surface area contributed by atoms with Gasteiger partial charge in [0.05, 0.1) is 19.9 Å². The van der Waals surface area contributed by atoms with Crippen molar-refractivity contribution in [2.75, 3.05) is 20.8 Å². The van der Waals surface area contributed by atoms with E-state index in [1.54, 1.807) is 14.2 Å². The monoisotopic (exact) mass is 302 g/mol. The molecular formula is C17H22N2O3. The molecule has 118 valence electrons. The minimum Gasteiger partial charge on any atom is -0.493 e. The Labute approximate surface area is 130 Å². The smallest absolute Gasteiger partial charge is 0.161 e. The standard InChI is InChI=1S/C17H22N2O3/c1-12-9-14(18-22-12)11-19-8-4-5-15(19)13-6-7-16(20-2)17(10-13)21-3/h6-7,9-10,15H,4-5,8,11H2,1-3H3/t15-/m0/s1. The summed E-state index contributed by atoms with van der Waals surface area (Å²) in [5, 5.41) is 4.11. The van der Waals surface area contributed by atoms with Crippen molar-refractivity contribution in [2.45, 2.75) is 32.4 Å². The molecular weight excluding hydrogens is 280 g/mol. The van der Waals surface area contributed by atoms with Crippen molar-refractivity contribution in [3.63, 3.8) is 0 Å². The van der Waals surface area contributed by atoms with Gasteiger partial charge in [-0.25, -0.2) is 0 Å². The zero-order valence-electron chi connectivity index (χ0n) is 13.3. The lowest BCUT2D eigenvalue weighted by Gasteiger charge is -2.24. The van der Waals surface area contributed by atoms with Gasteiger partial charge >= 0.3 is 0 Å². The SMILES string of the molecule is COc1ccc([C@@H]2CCCN2Cc2cc(C)on2)cc1OC. The molecule has 0 spiro atoms. The maximum atomic E-state index is 5.42. The summed E-state index contributed by atoms with van der Waals surface area (Å²) in [6.45, 7) is 3.81. The van der Waals surface area contributed by atoms with E-state index in [1.807, 2.05) is 19.1 Å². The van der Waals surface area contributed by atoms with Crippen LogP contribution in [0.2, 0.25) is 0 Å². The Bertz CT molecular complexity index is 639. The number of aryl methyl sites for hydroxylation is 1. The summed E-state index contributed by atoms with van der Waals surface area (Å²) in [5.41, 5.74) is 2.25. The van der Waals surface area contributed by atoms with Gasteiger partial charge in [0, 0.05) is 18.7 Å². The van der Waals surface area contributed by atoms with E-state index in [-0.39, 0.29) is 0 Å². The van der Waals surface area contributed by atoms with E-state index in [0.717, 1.165) is 42.5 Å². The molecule has 5 nitrogen and oxygen atoms in total. The average molecular weight is 302 g/mol. The molecule has 2 aromatic rings. The number of ether oxygens (including phenoxy) is 2. The molecule has 0 saturated carbocycles. The summed E-state index contributed by atoms with van der Waals surface area (Å²) >= 11 is 0. The Morgan fingerprint density at radius 2 is 2.05 bits per heavy atom. The second kappa shape index (κ2) is 6.40. The number of rotatable bonds is 5. The Morgan fingerprint density at radius 3 is 2.73 bits per heavy atom. The highest BCUT2D eigenvalue weighted by Crippen LogP contribution is 2.37. The minimum atomic E-state index is 0.386. The maximum absolute atomic E-state index is 5.42. The van der Waals surface area contributed by atoms with Crippen LogP contribution in [0.4, 0.5) is 0 Å². The first-order valence-corrected chi connectivity index (χ1v) is 7.59. The van der Waals surface area contributed by atoms with Crippen LogP contribution in [0.3, 0.4) is 0 Å². The van der Waals surface area contributed by atoms with Gasteiger partial charge in [-0.05, 0) is 44.0 Å². The molecule has 1 fully saturated rings. The zero-order valence-corrected chi connectivity index (χ0v) is 13.3. The molecule has 1 aliphatic rings. The minimum absolute atomic E-state index is 0.386. The quantitative estimate of drug-likeness (QED) is 0.848. The Morgan fingerprint density at radius 1 is 1.23 bits per heavy atom. The molecule has 3 rings (SSSR count). The van der Waals surface area contributed by atoms with Crippen molar-refractivity contribution in [3.8, 4) is 11.5 Å². The highest BCUT2D eigenvalue weighted by atomic mass is 16.5. The van der Waals surface area contributed by atoms with Gasteiger partial charge in [-0.15, -0.1) is 0 Å². The van der Waals surface area contributed by atoms with E-state index in [9.17, 15) is 0 Å². The number of nitrogens with zero attached hydrogens (tertiary/aromatic N) is 2. The van der Waals surface area contributed by atoms with Crippen LogP contribution in [0.15, 0.2) is 28.8 Å². The zero-order chi connectivity index (χ0) is 15.5. The van der Waals surface area contributed by atoms with Crippen molar-refractivity contribution in [1.29, 1.82) is 0 Å². The third-order valence-corrected chi connectivity index (χ3v) is 4.20. The third-order valence-electron chi connectivity index (χ3n) is 4.20. The average Bonchev–Trinajstić information content (AvgIpc) is 3.16. The van der Waals surface area contributed by atoms with Gasteiger partial charge in [-0.2, -0.15) is 0 Å². The van der Waals surface area contributed by atoms with Crippen LogP contribution in [-0.4, -0.2) is 30.8 Å². The summed E-state index contributed by atoms with van der Waals surface area (Å²) in [7, 11) is 3.33. The second-order valence-corrected chi connectivity index (χ2v) is 5.67. The van der Waals surface area contributed by atoms with Crippen LogP contribution in [0.1, 0.15) is 35.9 Å². The molecule has 1 aliphatic heterocycles. The van der Waals surface area contributed by atoms with E-state index in [1.165, 1.54) is 12.0 Å². The molecule has 0 N–H and O–H groups in total. The van der Waals surface area contributed by atoms with Gasteiger partial charge in [-0.1, -0.05) is 11.2 Å². The summed E-state index contributed by atoms with van der Waals surface area (Å²) < 4.78 is 15.9. The van der Waals surface area contributed by atoms with Gasteiger partial charge in [0.15, 0.2) is 11.5 Å². The largest absolute Gasteiger partial charge is 0.493 e. The molecule has 1 aromatic carbocycles. The molecule has 0 bridgehead atoms. The van der Waals surface area contributed by atoms with Gasteiger partial charge in [0.1, 0.15) is 5.76 Å². The molecule has 0 unspecified atom stereocenters. The van der Waals surface area contributed by atoms with E-state index in [0.29, 0.717) is 6.04 Å². The highest BCUT2D eigenvalue weighted by Gasteiger charge is 2.27. The number of aromatic nitrogens is 1. The third kappa shape index (κ3) is 2.95. The molecule has 22 heavy (non-hydrogen) atoms. The first-order valence-electron chi connectivity index (χ1n) is 7.59. The molecule has 0 radical (unpaired) electrons. The van der Waals surface area contributed by atoms with Gasteiger partial charge in [0.25, 0.3) is 0 Å². The fourth-order valence-corrected chi connectivity index (χ4v) is 3.15. The number of likely N-dealkylation sites (tertiary alicyclic amines) is 1. The first kappa shape index (κ1) is 14.9. The molecule has 1 aromatic heterocycles. The number of benzene rings is 1. The molecule has 0 amide bonds. The molecule has 1 saturated heterocycles. The van der Waals surface area contributed by atoms with Crippen LogP contribution < -0.4 is 9.47 Å². The number of methoxy groups -OCH3 is 2. The number of hydrogen-bond acceptors (Lipinski definition) is 5. The van der Waals surface area contributed by atoms with Crippen LogP contribution in [0, 0.1) is 6.92 Å². The molecule has 0 aliphatic carbocycles. The summed E-state index contributed by atoms with van der Waals surface area (Å²) in [5.74, 6) is 2.41. The summed E-state index contributed by atoms with van der Waals surface area (Å²) in [4.78, 5) is 2.44. The van der Waals surface area contributed by atoms with Gasteiger partial charge in [0.2, 0.25) is 0 Å². The van der Waals surface area contributed by atoms with Crippen LogP contribution >= 0.6 is 0 Å². The highest BCUT2D eigenvalue weighted by molar-refractivity contribution is 5.44. The lowest BCUT2D eigenvalue weighted by Crippen LogP contribution is -2.23. The van der Waals surface area contributed by atoms with Crippen molar-refractivity contribution in [3.05, 3.63) is 41.3 Å². The van der Waals surface area contributed by atoms with E-state index < -0.39 is 0 Å². The van der Waals surface area contributed by atoms with Gasteiger partial charge in [-0.3, -0.25) is 4.90 Å². The fourth-order valence-electron chi connectivity index (χ4n) is 3.15. The maximum Gasteiger partial charge on any atom is 0.161 e. The Hall–Kier alpha value is -2.01. The fraction of sp³-hybridized carbons (Fsp3) is 0.471. The Kier molecular flexibility index (Phi) is 4.34. The lowest BCUT2D eigenvalue weighted by molar-refractivity contribution is 0.239. The molecule has 5 heteroatoms. The molecule has 2 heterocycles. The molecule has 1 atom stereocenters. The Balaban J connectivity index is 1.80. The van der Waals surface area contributed by atoms with E-state index >= 15 is 0 Å². The van der Waals surface area contributed by atoms with E-state index in [4.69, 9.17) is 14.0 Å².